The van der Waals surface area contributed by atoms with Gasteiger partial charge in [-0.15, -0.1) is 0 Å². The third-order valence-electron chi connectivity index (χ3n) is 16.7. The Bertz CT molecular complexity index is 3370. The van der Waals surface area contributed by atoms with Crippen molar-refractivity contribution in [2.75, 3.05) is 9.80 Å². The van der Waals surface area contributed by atoms with E-state index in [2.05, 4.69) is 236 Å². The van der Waals surface area contributed by atoms with Crippen LogP contribution < -0.4 is 9.80 Å². The van der Waals surface area contributed by atoms with Gasteiger partial charge in [0.15, 0.2) is 0 Å². The Kier molecular flexibility index (Phi) is 10.7. The predicted molar refractivity (Wildman–Crippen MR) is 294 cm³/mol. The summed E-state index contributed by atoms with van der Waals surface area (Å²) in [5, 5.41) is 0. The Morgan fingerprint density at radius 2 is 1.00 bits per heavy atom. The van der Waals surface area contributed by atoms with E-state index in [0.717, 1.165) is 43.4 Å². The zero-order chi connectivity index (χ0) is 46.8. The van der Waals surface area contributed by atoms with Crippen molar-refractivity contribution in [3.63, 3.8) is 0 Å². The van der Waals surface area contributed by atoms with E-state index in [1.807, 2.05) is 0 Å². The first-order valence-corrected chi connectivity index (χ1v) is 25.9. The molecule has 2 heteroatoms. The fourth-order valence-corrected chi connectivity index (χ4v) is 13.1. The molecule has 0 aliphatic heterocycles. The minimum Gasteiger partial charge on any atom is -0.310 e. The van der Waals surface area contributed by atoms with Crippen LogP contribution in [0.25, 0.3) is 33.4 Å². The fourth-order valence-electron chi connectivity index (χ4n) is 13.1. The van der Waals surface area contributed by atoms with E-state index in [1.54, 1.807) is 0 Å². The monoisotopic (exact) mass is 904 g/mol. The van der Waals surface area contributed by atoms with Gasteiger partial charge >= 0.3 is 0 Å². The molecule has 3 atom stereocenters. The standard InChI is InChI=1S/C68H60N2/c1-68(2)63-39-34-54(49-14-6-3-7-15-49)44-62(63)60-38-37-58(45-64(60)68)70(65-21-13-12-20-59(65)50-16-8-4-9-17-50)67-43-47-23-28-52-27-22-46(24-29-53(67)30-25-47)42-66(52)69(56-18-10-5-11-19-56)57-35-32-51(33-36-57)61-41-48-26-31-55(61)40-48/h3-22,25,27,30,32-39,42-45,48,55,61H,23-24,26,28-29,31,40-41H2,1-2H3. The van der Waals surface area contributed by atoms with Crippen molar-refractivity contribution in [2.45, 2.75) is 76.5 Å². The lowest BCUT2D eigenvalue weighted by atomic mass is 9.82. The summed E-state index contributed by atoms with van der Waals surface area (Å²) in [5.74, 6) is 2.53. The molecule has 342 valence electrons. The molecule has 0 aromatic heterocycles. The molecule has 3 unspecified atom stereocenters. The molecule has 0 heterocycles. The second-order valence-electron chi connectivity index (χ2n) is 21.2. The van der Waals surface area contributed by atoms with Crippen molar-refractivity contribution < 1.29 is 0 Å². The number of nitrogens with zero attached hydrogens (tertiary/aromatic N) is 2. The summed E-state index contributed by atoms with van der Waals surface area (Å²) in [6, 6.07) is 80.6. The Hall–Kier alpha value is -7.42. The van der Waals surface area contributed by atoms with E-state index in [4.69, 9.17) is 0 Å². The second-order valence-corrected chi connectivity index (χ2v) is 21.2. The number of rotatable bonds is 9. The first-order valence-electron chi connectivity index (χ1n) is 25.9. The van der Waals surface area contributed by atoms with Gasteiger partial charge in [0.2, 0.25) is 0 Å². The second kappa shape index (κ2) is 17.5. The molecule has 70 heavy (non-hydrogen) atoms. The molecule has 0 N–H and O–H groups in total. The molecule has 9 aromatic carbocycles. The molecule has 6 bridgehead atoms. The highest BCUT2D eigenvalue weighted by Gasteiger charge is 2.40. The Morgan fingerprint density at radius 1 is 0.386 bits per heavy atom. The van der Waals surface area contributed by atoms with E-state index in [9.17, 15) is 0 Å². The van der Waals surface area contributed by atoms with Crippen molar-refractivity contribution in [2.24, 2.45) is 11.8 Å². The summed E-state index contributed by atoms with van der Waals surface area (Å²) in [5.41, 5.74) is 24.5. The first-order chi connectivity index (χ1) is 34.4. The van der Waals surface area contributed by atoms with Crippen LogP contribution in [0.3, 0.4) is 0 Å². The molecule has 7 aliphatic carbocycles. The molecule has 16 rings (SSSR count). The summed E-state index contributed by atoms with van der Waals surface area (Å²) < 4.78 is 0. The van der Waals surface area contributed by atoms with Gasteiger partial charge in [-0.25, -0.2) is 0 Å². The zero-order valence-corrected chi connectivity index (χ0v) is 40.5. The van der Waals surface area contributed by atoms with E-state index in [-0.39, 0.29) is 5.41 Å². The molecule has 9 aromatic rings. The molecule has 2 saturated carbocycles. The smallest absolute Gasteiger partial charge is 0.0540 e. The molecule has 0 spiro atoms. The number of fused-ring (bicyclic) bond motifs is 5. The van der Waals surface area contributed by atoms with Crippen LogP contribution in [0.2, 0.25) is 0 Å². The molecule has 0 saturated heterocycles. The molecular weight excluding hydrogens is 845 g/mol. The van der Waals surface area contributed by atoms with Crippen molar-refractivity contribution in [1.29, 1.82) is 0 Å². The van der Waals surface area contributed by atoms with E-state index in [1.165, 1.54) is 132 Å². The fraction of sp³-hybridized carbons (Fsp3) is 0.206. The minimum absolute atomic E-state index is 0.170. The topological polar surface area (TPSA) is 6.48 Å². The van der Waals surface area contributed by atoms with Gasteiger partial charge in [-0.1, -0.05) is 172 Å². The summed E-state index contributed by atoms with van der Waals surface area (Å²) >= 11 is 0. The molecule has 0 radical (unpaired) electrons. The molecule has 2 nitrogen and oxygen atoms in total. The van der Waals surface area contributed by atoms with E-state index < -0.39 is 0 Å². The lowest BCUT2D eigenvalue weighted by Gasteiger charge is -2.32. The number of para-hydroxylation sites is 2. The number of benzene rings is 9. The van der Waals surface area contributed by atoms with Crippen LogP contribution in [-0.2, 0) is 31.1 Å². The lowest BCUT2D eigenvalue weighted by molar-refractivity contribution is 0.420. The van der Waals surface area contributed by atoms with Crippen LogP contribution in [0.5, 0.6) is 0 Å². The average molecular weight is 905 g/mol. The summed E-state index contributed by atoms with van der Waals surface area (Å²) in [6.07, 6.45) is 9.33. The molecular formula is C68H60N2. The minimum atomic E-state index is -0.170. The summed E-state index contributed by atoms with van der Waals surface area (Å²) in [6.45, 7) is 4.81. The summed E-state index contributed by atoms with van der Waals surface area (Å²) in [7, 11) is 0. The van der Waals surface area contributed by atoms with E-state index >= 15 is 0 Å². The highest BCUT2D eigenvalue weighted by Crippen LogP contribution is 2.54. The van der Waals surface area contributed by atoms with Gasteiger partial charge in [0.05, 0.1) is 5.69 Å². The maximum absolute atomic E-state index is 2.59. The average Bonchev–Trinajstić information content (AvgIpc) is 4.11. The molecule has 2 fully saturated rings. The maximum Gasteiger partial charge on any atom is 0.0540 e. The van der Waals surface area contributed by atoms with Crippen molar-refractivity contribution in [3.8, 4) is 33.4 Å². The third-order valence-corrected chi connectivity index (χ3v) is 16.7. The third kappa shape index (κ3) is 7.57. The molecule has 7 aliphatic rings. The van der Waals surface area contributed by atoms with Crippen LogP contribution in [0.1, 0.15) is 84.4 Å². The highest BCUT2D eigenvalue weighted by atomic mass is 15.2. The van der Waals surface area contributed by atoms with Crippen LogP contribution in [0.4, 0.5) is 34.1 Å². The van der Waals surface area contributed by atoms with Crippen molar-refractivity contribution in [3.05, 3.63) is 251 Å². The number of hydrogen-bond acceptors (Lipinski definition) is 2. The predicted octanol–water partition coefficient (Wildman–Crippen LogP) is 18.1. The normalized spacial score (nSPS) is 18.2. The van der Waals surface area contributed by atoms with Crippen molar-refractivity contribution in [1.82, 2.24) is 0 Å². The number of anilines is 6. The number of hydrogen-bond donors (Lipinski definition) is 0. The first kappa shape index (κ1) is 42.7. The quantitative estimate of drug-likeness (QED) is 0.142. The van der Waals surface area contributed by atoms with Gasteiger partial charge < -0.3 is 9.80 Å². The van der Waals surface area contributed by atoms with Gasteiger partial charge in [-0.3, -0.25) is 0 Å². The van der Waals surface area contributed by atoms with Gasteiger partial charge in [0.25, 0.3) is 0 Å². The maximum atomic E-state index is 2.59. The highest BCUT2D eigenvalue weighted by molar-refractivity contribution is 5.92. The Balaban J connectivity index is 0.902. The van der Waals surface area contributed by atoms with Gasteiger partial charge in [0.1, 0.15) is 0 Å². The van der Waals surface area contributed by atoms with Gasteiger partial charge in [0, 0.05) is 39.4 Å². The van der Waals surface area contributed by atoms with E-state index in [0.29, 0.717) is 0 Å². The Morgan fingerprint density at radius 3 is 1.67 bits per heavy atom. The van der Waals surface area contributed by atoms with Crippen LogP contribution in [0.15, 0.2) is 212 Å². The lowest BCUT2D eigenvalue weighted by Crippen LogP contribution is -2.18. The largest absolute Gasteiger partial charge is 0.310 e. The summed E-state index contributed by atoms with van der Waals surface area (Å²) in [4.78, 5) is 5.12. The van der Waals surface area contributed by atoms with Crippen LogP contribution in [0, 0.1) is 11.8 Å². The molecule has 0 amide bonds. The van der Waals surface area contributed by atoms with Crippen molar-refractivity contribution >= 4 is 34.1 Å². The van der Waals surface area contributed by atoms with Crippen LogP contribution in [-0.4, -0.2) is 0 Å². The SMILES string of the molecule is CC1(C)c2ccc(-c3ccccc3)cc2-c2ccc(N(c3cc4ccc3CCc3ccc(c(N(c5ccccc5)c5ccc(C6CC7CCC6C7)cc5)c3)CC4)c3ccccc3-c3ccccc3)cc21. The number of aryl methyl sites for hydroxylation is 4. The zero-order valence-electron chi connectivity index (χ0n) is 40.5. The van der Waals surface area contributed by atoms with Gasteiger partial charge in [-0.2, -0.15) is 0 Å². The van der Waals surface area contributed by atoms with Crippen LogP contribution >= 0.6 is 0 Å². The Labute approximate surface area is 414 Å². The van der Waals surface area contributed by atoms with Gasteiger partial charge in [-0.05, 0) is 190 Å².